The molecule has 104 valence electrons. The van der Waals surface area contributed by atoms with Gasteiger partial charge in [-0.3, -0.25) is 4.79 Å². The number of carbonyl (C=O) groups excluding carboxylic acids is 1. The quantitative estimate of drug-likeness (QED) is 0.895. The number of amides is 1. The lowest BCUT2D eigenvalue weighted by atomic mass is 10.1. The standard InChI is InChI=1S/C14H19FN2O2/c1-17(14(18)11-5-6-16-8-11)9-10-3-4-13(19-2)12(15)7-10/h3-4,7,11,16H,5-6,8-9H2,1-2H3. The summed E-state index contributed by atoms with van der Waals surface area (Å²) in [6.45, 7) is 2.04. The minimum absolute atomic E-state index is 0.0492. The molecule has 1 amide bonds. The number of nitrogens with one attached hydrogen (secondary N) is 1. The van der Waals surface area contributed by atoms with Gasteiger partial charge in [-0.25, -0.2) is 4.39 Å². The van der Waals surface area contributed by atoms with Gasteiger partial charge in [-0.1, -0.05) is 6.07 Å². The molecule has 0 saturated carbocycles. The Kier molecular flexibility index (Phi) is 4.37. The molecule has 0 spiro atoms. The molecule has 1 fully saturated rings. The van der Waals surface area contributed by atoms with E-state index in [-0.39, 0.29) is 17.6 Å². The molecule has 1 aromatic rings. The van der Waals surface area contributed by atoms with Crippen LogP contribution in [0.15, 0.2) is 18.2 Å². The second kappa shape index (κ2) is 6.02. The van der Waals surface area contributed by atoms with Crippen molar-refractivity contribution >= 4 is 5.91 Å². The molecular weight excluding hydrogens is 247 g/mol. The molecule has 19 heavy (non-hydrogen) atoms. The van der Waals surface area contributed by atoms with Gasteiger partial charge in [-0.2, -0.15) is 0 Å². The molecule has 1 heterocycles. The van der Waals surface area contributed by atoms with E-state index in [1.807, 2.05) is 0 Å². The lowest BCUT2D eigenvalue weighted by Gasteiger charge is -2.21. The van der Waals surface area contributed by atoms with Crippen molar-refractivity contribution in [2.45, 2.75) is 13.0 Å². The topological polar surface area (TPSA) is 41.6 Å². The van der Waals surface area contributed by atoms with Crippen LogP contribution >= 0.6 is 0 Å². The van der Waals surface area contributed by atoms with E-state index in [1.54, 1.807) is 24.1 Å². The predicted molar refractivity (Wildman–Crippen MR) is 70.4 cm³/mol. The van der Waals surface area contributed by atoms with Crippen LogP contribution in [0.3, 0.4) is 0 Å². The van der Waals surface area contributed by atoms with Gasteiger partial charge in [0, 0.05) is 20.1 Å². The van der Waals surface area contributed by atoms with Crippen molar-refractivity contribution in [1.29, 1.82) is 0 Å². The van der Waals surface area contributed by atoms with Gasteiger partial charge < -0.3 is 15.0 Å². The molecule has 1 N–H and O–H groups in total. The van der Waals surface area contributed by atoms with Gasteiger partial charge in [-0.15, -0.1) is 0 Å². The average Bonchev–Trinajstić information content (AvgIpc) is 2.92. The molecule has 0 bridgehead atoms. The molecule has 1 aliphatic rings. The Balaban J connectivity index is 1.99. The molecule has 5 heteroatoms. The highest BCUT2D eigenvalue weighted by Crippen LogP contribution is 2.19. The highest BCUT2D eigenvalue weighted by atomic mass is 19.1. The van der Waals surface area contributed by atoms with Crippen LogP contribution in [0.4, 0.5) is 4.39 Å². The Morgan fingerprint density at radius 3 is 2.95 bits per heavy atom. The summed E-state index contributed by atoms with van der Waals surface area (Å²) >= 11 is 0. The molecule has 0 aromatic heterocycles. The summed E-state index contributed by atoms with van der Waals surface area (Å²) < 4.78 is 18.4. The fraction of sp³-hybridized carbons (Fsp3) is 0.500. The van der Waals surface area contributed by atoms with Crippen LogP contribution in [0.5, 0.6) is 5.75 Å². The lowest BCUT2D eigenvalue weighted by Crippen LogP contribution is -2.33. The Labute approximate surface area is 112 Å². The normalized spacial score (nSPS) is 18.4. The number of rotatable bonds is 4. The van der Waals surface area contributed by atoms with E-state index < -0.39 is 5.82 Å². The van der Waals surface area contributed by atoms with E-state index in [2.05, 4.69) is 5.32 Å². The van der Waals surface area contributed by atoms with Gasteiger partial charge in [-0.05, 0) is 30.7 Å². The van der Waals surface area contributed by atoms with Crippen LogP contribution in [0, 0.1) is 11.7 Å². The summed E-state index contributed by atoms with van der Waals surface area (Å²) in [7, 11) is 3.18. The monoisotopic (exact) mass is 266 g/mol. The molecule has 0 aliphatic carbocycles. The van der Waals surface area contributed by atoms with Crippen molar-refractivity contribution in [3.8, 4) is 5.75 Å². The number of benzene rings is 1. The fourth-order valence-corrected chi connectivity index (χ4v) is 2.34. The summed E-state index contributed by atoms with van der Waals surface area (Å²) in [4.78, 5) is 13.8. The van der Waals surface area contributed by atoms with Crippen LogP contribution in [0.1, 0.15) is 12.0 Å². The van der Waals surface area contributed by atoms with Gasteiger partial charge >= 0.3 is 0 Å². The molecule has 1 unspecified atom stereocenters. The van der Waals surface area contributed by atoms with E-state index >= 15 is 0 Å². The zero-order valence-corrected chi connectivity index (χ0v) is 11.3. The maximum absolute atomic E-state index is 13.6. The zero-order valence-electron chi connectivity index (χ0n) is 11.3. The molecule has 1 aliphatic heterocycles. The van der Waals surface area contributed by atoms with Crippen molar-refractivity contribution < 1.29 is 13.9 Å². The second-order valence-corrected chi connectivity index (χ2v) is 4.85. The minimum atomic E-state index is -0.400. The van der Waals surface area contributed by atoms with E-state index in [1.165, 1.54) is 13.2 Å². The summed E-state index contributed by atoms with van der Waals surface area (Å²) in [5.74, 6) is -0.0181. The Hall–Kier alpha value is -1.62. The van der Waals surface area contributed by atoms with Gasteiger partial charge in [0.05, 0.1) is 13.0 Å². The van der Waals surface area contributed by atoms with Crippen molar-refractivity contribution in [2.24, 2.45) is 5.92 Å². The van der Waals surface area contributed by atoms with E-state index in [0.717, 1.165) is 25.1 Å². The zero-order chi connectivity index (χ0) is 13.8. The number of methoxy groups -OCH3 is 1. The number of hydrogen-bond acceptors (Lipinski definition) is 3. The molecule has 1 aromatic carbocycles. The Morgan fingerprint density at radius 2 is 2.37 bits per heavy atom. The number of hydrogen-bond donors (Lipinski definition) is 1. The van der Waals surface area contributed by atoms with Crippen molar-refractivity contribution in [3.63, 3.8) is 0 Å². The number of carbonyl (C=O) groups is 1. The first-order chi connectivity index (χ1) is 9.11. The maximum Gasteiger partial charge on any atom is 0.227 e. The van der Waals surface area contributed by atoms with Crippen molar-refractivity contribution in [3.05, 3.63) is 29.6 Å². The first-order valence-corrected chi connectivity index (χ1v) is 6.40. The third-order valence-electron chi connectivity index (χ3n) is 3.42. The van der Waals surface area contributed by atoms with Gasteiger partial charge in [0.1, 0.15) is 0 Å². The highest BCUT2D eigenvalue weighted by Gasteiger charge is 2.25. The van der Waals surface area contributed by atoms with Gasteiger partial charge in [0.25, 0.3) is 0 Å². The molecule has 4 nitrogen and oxygen atoms in total. The summed E-state index contributed by atoms with van der Waals surface area (Å²) in [5, 5.41) is 3.17. The number of ether oxygens (including phenoxy) is 1. The van der Waals surface area contributed by atoms with Gasteiger partial charge in [0.2, 0.25) is 5.91 Å². The molecule has 1 saturated heterocycles. The van der Waals surface area contributed by atoms with Crippen LogP contribution in [-0.2, 0) is 11.3 Å². The SMILES string of the molecule is COc1ccc(CN(C)C(=O)C2CCNC2)cc1F. The van der Waals surface area contributed by atoms with Crippen LogP contribution in [0.2, 0.25) is 0 Å². The van der Waals surface area contributed by atoms with Crippen LogP contribution in [0.25, 0.3) is 0 Å². The lowest BCUT2D eigenvalue weighted by molar-refractivity contribution is -0.134. The summed E-state index contributed by atoms with van der Waals surface area (Å²) in [5.41, 5.74) is 0.764. The highest BCUT2D eigenvalue weighted by molar-refractivity contribution is 5.79. The van der Waals surface area contributed by atoms with Gasteiger partial charge in [0.15, 0.2) is 11.6 Å². The molecule has 1 atom stereocenters. The first-order valence-electron chi connectivity index (χ1n) is 6.40. The predicted octanol–water partition coefficient (Wildman–Crippen LogP) is 1.40. The fourth-order valence-electron chi connectivity index (χ4n) is 2.34. The van der Waals surface area contributed by atoms with Crippen LogP contribution in [-0.4, -0.2) is 38.1 Å². The second-order valence-electron chi connectivity index (χ2n) is 4.85. The largest absolute Gasteiger partial charge is 0.494 e. The number of halogens is 1. The molecular formula is C14H19FN2O2. The van der Waals surface area contributed by atoms with E-state index in [9.17, 15) is 9.18 Å². The van der Waals surface area contributed by atoms with Crippen LogP contribution < -0.4 is 10.1 Å². The molecule has 2 rings (SSSR count). The summed E-state index contributed by atoms with van der Waals surface area (Å²) in [6.07, 6.45) is 0.875. The van der Waals surface area contributed by atoms with Crippen molar-refractivity contribution in [1.82, 2.24) is 10.2 Å². The van der Waals surface area contributed by atoms with E-state index in [0.29, 0.717) is 6.54 Å². The number of nitrogens with zero attached hydrogens (tertiary/aromatic N) is 1. The first kappa shape index (κ1) is 13.8. The summed E-state index contributed by atoms with van der Waals surface area (Å²) in [6, 6.07) is 4.77. The maximum atomic E-state index is 13.6. The minimum Gasteiger partial charge on any atom is -0.494 e. The van der Waals surface area contributed by atoms with Crippen molar-refractivity contribution in [2.75, 3.05) is 27.2 Å². The third-order valence-corrected chi connectivity index (χ3v) is 3.42. The van der Waals surface area contributed by atoms with E-state index in [4.69, 9.17) is 4.74 Å². The average molecular weight is 266 g/mol. The molecule has 0 radical (unpaired) electrons. The Bertz CT molecular complexity index is 459. The Morgan fingerprint density at radius 1 is 1.58 bits per heavy atom. The third kappa shape index (κ3) is 3.23. The smallest absolute Gasteiger partial charge is 0.227 e.